The minimum atomic E-state index is -0.483. The van der Waals surface area contributed by atoms with E-state index in [1.54, 1.807) is 24.4 Å². The van der Waals surface area contributed by atoms with E-state index in [2.05, 4.69) is 5.10 Å². The summed E-state index contributed by atoms with van der Waals surface area (Å²) in [5.41, 5.74) is 9.55. The summed E-state index contributed by atoms with van der Waals surface area (Å²) in [4.78, 5) is 32.5. The summed E-state index contributed by atoms with van der Waals surface area (Å²) in [6, 6.07) is 11.2. The Morgan fingerprint density at radius 2 is 1.97 bits per heavy atom. The lowest BCUT2D eigenvalue weighted by Crippen LogP contribution is -2.33. The molecule has 1 aromatic carbocycles. The van der Waals surface area contributed by atoms with E-state index in [0.29, 0.717) is 29.0 Å². The van der Waals surface area contributed by atoms with Crippen LogP contribution in [0.3, 0.4) is 0 Å². The fourth-order valence-corrected chi connectivity index (χ4v) is 4.52. The molecule has 5 rings (SSSR count). The largest absolute Gasteiger partial charge is 0.466 e. The molecule has 35 heavy (non-hydrogen) atoms. The molecule has 4 aromatic rings. The minimum absolute atomic E-state index is 0.0770. The van der Waals surface area contributed by atoms with Crippen LogP contribution in [0.25, 0.3) is 22.3 Å². The number of rotatable bonds is 7. The van der Waals surface area contributed by atoms with E-state index in [1.165, 1.54) is 0 Å². The number of aromatic nitrogens is 3. The van der Waals surface area contributed by atoms with Crippen LogP contribution >= 0.6 is 0 Å². The topological polar surface area (TPSA) is 107 Å². The van der Waals surface area contributed by atoms with Crippen LogP contribution in [0.15, 0.2) is 47.0 Å². The number of fused-ring (bicyclic) bond motifs is 1. The van der Waals surface area contributed by atoms with Crippen LogP contribution in [0, 0.1) is 13.8 Å². The molecular formula is C27H29N5O3. The maximum absolute atomic E-state index is 14.1. The molecule has 3 heterocycles. The van der Waals surface area contributed by atoms with Crippen LogP contribution in [0.1, 0.15) is 70.5 Å². The van der Waals surface area contributed by atoms with Gasteiger partial charge in [-0.3, -0.25) is 9.59 Å². The van der Waals surface area contributed by atoms with Crippen molar-refractivity contribution >= 4 is 22.8 Å². The first-order valence-corrected chi connectivity index (χ1v) is 11.9. The van der Waals surface area contributed by atoms with Crippen molar-refractivity contribution in [3.05, 3.63) is 70.8 Å². The van der Waals surface area contributed by atoms with E-state index < -0.39 is 5.91 Å². The zero-order chi connectivity index (χ0) is 24.9. The van der Waals surface area contributed by atoms with E-state index >= 15 is 0 Å². The highest BCUT2D eigenvalue weighted by Crippen LogP contribution is 2.34. The molecule has 0 aliphatic heterocycles. The van der Waals surface area contributed by atoms with Gasteiger partial charge in [0.2, 0.25) is 5.91 Å². The van der Waals surface area contributed by atoms with Gasteiger partial charge in [-0.05, 0) is 70.4 Å². The molecular weight excluding hydrogens is 442 g/mol. The number of pyridine rings is 1. The summed E-state index contributed by atoms with van der Waals surface area (Å²) in [7, 11) is 0. The number of carbonyl (C=O) groups excluding carboxylic acids is 2. The minimum Gasteiger partial charge on any atom is -0.466 e. The maximum atomic E-state index is 14.1. The standard InChI is InChI=1S/C27H29N5O3/c1-15(2)32-26-23(13-29-32)22(12-24(30-26)21-10-16(3)35-17(21)4)27(34)31(20-8-9-20)14-18-6-5-7-19(11-18)25(28)33/h5-7,10-13,15,20H,8-9,14H2,1-4H3,(H2,28,33). The van der Waals surface area contributed by atoms with Crippen LogP contribution < -0.4 is 5.73 Å². The maximum Gasteiger partial charge on any atom is 0.255 e. The third-order valence-corrected chi connectivity index (χ3v) is 6.42. The second-order valence-electron chi connectivity index (χ2n) is 9.53. The summed E-state index contributed by atoms with van der Waals surface area (Å²) in [5.74, 6) is 0.986. The third kappa shape index (κ3) is 4.32. The van der Waals surface area contributed by atoms with Crippen molar-refractivity contribution in [3.8, 4) is 11.3 Å². The molecule has 8 heteroatoms. The summed E-state index contributed by atoms with van der Waals surface area (Å²) in [6.07, 6.45) is 3.63. The van der Waals surface area contributed by atoms with Crippen LogP contribution in [-0.4, -0.2) is 37.5 Å². The summed E-state index contributed by atoms with van der Waals surface area (Å²) < 4.78 is 7.59. The number of primary amides is 1. The lowest BCUT2D eigenvalue weighted by atomic mass is 10.0. The number of nitrogens with zero attached hydrogens (tertiary/aromatic N) is 4. The van der Waals surface area contributed by atoms with Gasteiger partial charge in [0, 0.05) is 29.8 Å². The van der Waals surface area contributed by atoms with Gasteiger partial charge < -0.3 is 15.1 Å². The Bertz CT molecular complexity index is 1440. The highest BCUT2D eigenvalue weighted by Gasteiger charge is 2.34. The Labute approximate surface area is 203 Å². The molecule has 2 amide bonds. The molecule has 180 valence electrons. The second-order valence-corrected chi connectivity index (χ2v) is 9.53. The SMILES string of the molecule is Cc1cc(-c2cc(C(=O)N(Cc3cccc(C(N)=O)c3)C3CC3)c3cnn(C(C)C)c3n2)c(C)o1. The molecule has 1 fully saturated rings. The highest BCUT2D eigenvalue weighted by molar-refractivity contribution is 6.06. The van der Waals surface area contributed by atoms with Crippen molar-refractivity contribution in [2.45, 2.75) is 59.2 Å². The Balaban J connectivity index is 1.61. The van der Waals surface area contributed by atoms with Gasteiger partial charge in [0.05, 0.1) is 22.8 Å². The number of hydrogen-bond acceptors (Lipinski definition) is 5. The van der Waals surface area contributed by atoms with Crippen LogP contribution in [0.2, 0.25) is 0 Å². The van der Waals surface area contributed by atoms with Gasteiger partial charge in [-0.25, -0.2) is 9.67 Å². The van der Waals surface area contributed by atoms with Crippen LogP contribution in [0.4, 0.5) is 0 Å². The van der Waals surface area contributed by atoms with E-state index in [9.17, 15) is 9.59 Å². The smallest absolute Gasteiger partial charge is 0.255 e. The normalized spacial score (nSPS) is 13.5. The summed E-state index contributed by atoms with van der Waals surface area (Å²) in [6.45, 7) is 8.27. The molecule has 0 radical (unpaired) electrons. The van der Waals surface area contributed by atoms with Crippen molar-refractivity contribution in [1.29, 1.82) is 0 Å². The van der Waals surface area contributed by atoms with Gasteiger partial charge >= 0.3 is 0 Å². The van der Waals surface area contributed by atoms with Crippen LogP contribution in [-0.2, 0) is 6.54 Å². The number of aryl methyl sites for hydroxylation is 2. The quantitative estimate of drug-likeness (QED) is 0.417. The van der Waals surface area contributed by atoms with Crippen molar-refractivity contribution < 1.29 is 14.0 Å². The first-order chi connectivity index (χ1) is 16.7. The van der Waals surface area contributed by atoms with Crippen LogP contribution in [0.5, 0.6) is 0 Å². The highest BCUT2D eigenvalue weighted by atomic mass is 16.3. The van der Waals surface area contributed by atoms with E-state index in [4.69, 9.17) is 15.1 Å². The molecule has 2 N–H and O–H groups in total. The van der Waals surface area contributed by atoms with E-state index in [0.717, 1.165) is 40.9 Å². The number of furan rings is 1. The number of amides is 2. The molecule has 0 unspecified atom stereocenters. The summed E-state index contributed by atoms with van der Waals surface area (Å²) >= 11 is 0. The molecule has 1 saturated carbocycles. The van der Waals surface area contributed by atoms with Gasteiger partial charge in [0.15, 0.2) is 5.65 Å². The fourth-order valence-electron chi connectivity index (χ4n) is 4.52. The molecule has 0 bridgehead atoms. The zero-order valence-electron chi connectivity index (χ0n) is 20.4. The van der Waals surface area contributed by atoms with Crippen molar-refractivity contribution in [1.82, 2.24) is 19.7 Å². The first-order valence-electron chi connectivity index (χ1n) is 11.9. The Kier molecular flexibility index (Phi) is 5.67. The number of benzene rings is 1. The molecule has 8 nitrogen and oxygen atoms in total. The van der Waals surface area contributed by atoms with Gasteiger partial charge in [-0.15, -0.1) is 0 Å². The molecule has 3 aromatic heterocycles. The predicted molar refractivity (Wildman–Crippen MR) is 133 cm³/mol. The van der Waals surface area contributed by atoms with Gasteiger partial charge in [-0.2, -0.15) is 5.10 Å². The zero-order valence-corrected chi connectivity index (χ0v) is 20.4. The van der Waals surface area contributed by atoms with Crippen molar-refractivity contribution in [2.24, 2.45) is 5.73 Å². The summed E-state index contributed by atoms with van der Waals surface area (Å²) in [5, 5.41) is 5.27. The number of nitrogens with two attached hydrogens (primary N) is 1. The molecule has 0 saturated heterocycles. The lowest BCUT2D eigenvalue weighted by Gasteiger charge is -2.23. The van der Waals surface area contributed by atoms with Gasteiger partial charge in [0.1, 0.15) is 11.5 Å². The van der Waals surface area contributed by atoms with Crippen molar-refractivity contribution in [3.63, 3.8) is 0 Å². The van der Waals surface area contributed by atoms with Gasteiger partial charge in [-0.1, -0.05) is 12.1 Å². The molecule has 0 atom stereocenters. The number of carbonyl (C=O) groups is 2. The average molecular weight is 472 g/mol. The Morgan fingerprint density at radius 3 is 2.60 bits per heavy atom. The third-order valence-electron chi connectivity index (χ3n) is 6.42. The lowest BCUT2D eigenvalue weighted by molar-refractivity contribution is 0.0732. The second kappa shape index (κ2) is 8.69. The number of hydrogen-bond donors (Lipinski definition) is 1. The van der Waals surface area contributed by atoms with Gasteiger partial charge in [0.25, 0.3) is 5.91 Å². The monoisotopic (exact) mass is 471 g/mol. The van der Waals surface area contributed by atoms with E-state index in [-0.39, 0.29) is 18.0 Å². The molecule has 0 spiro atoms. The van der Waals surface area contributed by atoms with E-state index in [1.807, 2.05) is 55.5 Å². The average Bonchev–Trinajstić information content (AvgIpc) is 3.47. The Hall–Kier alpha value is -3.94. The molecule has 1 aliphatic rings. The molecule has 1 aliphatic carbocycles. The first kappa shape index (κ1) is 22.8. The Morgan fingerprint density at radius 1 is 1.20 bits per heavy atom. The van der Waals surface area contributed by atoms with Crippen molar-refractivity contribution in [2.75, 3.05) is 0 Å². The predicted octanol–water partition coefficient (Wildman–Crippen LogP) is 4.79. The fraction of sp³-hybridized carbons (Fsp3) is 0.333.